The van der Waals surface area contributed by atoms with Crippen molar-refractivity contribution in [2.45, 2.75) is 40.2 Å². The molecule has 0 radical (unpaired) electrons. The van der Waals surface area contributed by atoms with Crippen molar-refractivity contribution in [1.29, 1.82) is 0 Å². The fourth-order valence-corrected chi connectivity index (χ4v) is 2.18. The summed E-state index contributed by atoms with van der Waals surface area (Å²) in [6.45, 7) is 7.88. The number of hydrogen-bond acceptors (Lipinski definition) is 5. The van der Waals surface area contributed by atoms with Crippen molar-refractivity contribution in [3.05, 3.63) is 11.3 Å². The van der Waals surface area contributed by atoms with Crippen LogP contribution in [0.3, 0.4) is 0 Å². The molecule has 6 nitrogen and oxygen atoms in total. The fourth-order valence-electron chi connectivity index (χ4n) is 2.18. The molecule has 0 aliphatic carbocycles. The van der Waals surface area contributed by atoms with Crippen molar-refractivity contribution < 1.29 is 24.2 Å². The second kappa shape index (κ2) is 7.17. The Bertz CT molecular complexity index is 402. The molecular formula is C14H23NO5. The molecule has 0 fully saturated rings. The molecule has 114 valence electrons. The maximum atomic E-state index is 11.9. The van der Waals surface area contributed by atoms with E-state index in [9.17, 15) is 14.7 Å². The smallest absolute Gasteiger partial charge is 0.410 e. The summed E-state index contributed by atoms with van der Waals surface area (Å²) in [6.07, 6.45) is 0.0390. The topological polar surface area (TPSA) is 76.1 Å². The summed E-state index contributed by atoms with van der Waals surface area (Å²) < 4.78 is 9.87. The highest BCUT2D eigenvalue weighted by molar-refractivity contribution is 5.91. The number of rotatable bonds is 5. The van der Waals surface area contributed by atoms with Gasteiger partial charge in [0, 0.05) is 0 Å². The zero-order valence-corrected chi connectivity index (χ0v) is 12.5. The standard InChI is InChI=1S/C14H23NO5/c1-5-19-13(17)10-8-15(14(18)20-6-2)11(12(10)16)7-9(3)4/h9,11,16H,5-8H2,1-4H3. The molecule has 1 aliphatic heterocycles. The number of carbonyl (C=O) groups excluding carboxylic acids is 2. The van der Waals surface area contributed by atoms with Crippen LogP contribution in [0, 0.1) is 5.92 Å². The summed E-state index contributed by atoms with van der Waals surface area (Å²) in [6, 6.07) is -0.520. The second-order valence-corrected chi connectivity index (χ2v) is 5.06. The van der Waals surface area contributed by atoms with E-state index >= 15 is 0 Å². The van der Waals surface area contributed by atoms with Crippen molar-refractivity contribution in [2.24, 2.45) is 5.92 Å². The predicted octanol–water partition coefficient (Wildman–Crippen LogP) is 2.25. The molecule has 1 heterocycles. The summed E-state index contributed by atoms with van der Waals surface area (Å²) in [7, 11) is 0. The fraction of sp³-hybridized carbons (Fsp3) is 0.714. The van der Waals surface area contributed by atoms with Crippen LogP contribution >= 0.6 is 0 Å². The molecular weight excluding hydrogens is 262 g/mol. The van der Waals surface area contributed by atoms with Gasteiger partial charge in [-0.05, 0) is 26.2 Å². The Balaban J connectivity index is 2.95. The maximum Gasteiger partial charge on any atom is 0.410 e. The van der Waals surface area contributed by atoms with Gasteiger partial charge >= 0.3 is 12.1 Å². The summed E-state index contributed by atoms with van der Waals surface area (Å²) in [5, 5.41) is 10.2. The third kappa shape index (κ3) is 3.65. The van der Waals surface area contributed by atoms with Crippen LogP contribution in [0.25, 0.3) is 0 Å². The first-order valence-corrected chi connectivity index (χ1v) is 6.94. The lowest BCUT2D eigenvalue weighted by Gasteiger charge is -2.25. The van der Waals surface area contributed by atoms with E-state index in [1.807, 2.05) is 13.8 Å². The average Bonchev–Trinajstić information content (AvgIpc) is 2.67. The number of amides is 1. The minimum absolute atomic E-state index is 0.0287. The van der Waals surface area contributed by atoms with Gasteiger partial charge in [0.1, 0.15) is 5.76 Å². The molecule has 0 saturated heterocycles. The third-order valence-corrected chi connectivity index (χ3v) is 3.05. The van der Waals surface area contributed by atoms with Gasteiger partial charge in [0.2, 0.25) is 0 Å². The second-order valence-electron chi connectivity index (χ2n) is 5.06. The highest BCUT2D eigenvalue weighted by Crippen LogP contribution is 2.29. The van der Waals surface area contributed by atoms with Crippen molar-refractivity contribution in [2.75, 3.05) is 19.8 Å². The number of aliphatic hydroxyl groups is 1. The van der Waals surface area contributed by atoms with Crippen molar-refractivity contribution in [3.8, 4) is 0 Å². The Morgan fingerprint density at radius 1 is 1.30 bits per heavy atom. The summed E-state index contributed by atoms with van der Waals surface area (Å²) in [4.78, 5) is 25.1. The van der Waals surface area contributed by atoms with Crippen LogP contribution in [0.5, 0.6) is 0 Å². The molecule has 6 heteroatoms. The van der Waals surface area contributed by atoms with Gasteiger partial charge in [-0.25, -0.2) is 9.59 Å². The molecule has 0 aromatic heterocycles. The van der Waals surface area contributed by atoms with Gasteiger partial charge in [0.05, 0.1) is 31.4 Å². The van der Waals surface area contributed by atoms with E-state index in [1.54, 1.807) is 13.8 Å². The molecule has 1 amide bonds. The van der Waals surface area contributed by atoms with Gasteiger partial charge < -0.3 is 14.6 Å². The van der Waals surface area contributed by atoms with Gasteiger partial charge in [-0.15, -0.1) is 0 Å². The van der Waals surface area contributed by atoms with Crippen LogP contribution in [0.1, 0.15) is 34.1 Å². The van der Waals surface area contributed by atoms with E-state index < -0.39 is 18.1 Å². The Hall–Kier alpha value is -1.72. The Kier molecular flexibility index (Phi) is 5.85. The molecule has 0 spiro atoms. The van der Waals surface area contributed by atoms with Gasteiger partial charge in [-0.2, -0.15) is 0 Å². The molecule has 1 N–H and O–H groups in total. The van der Waals surface area contributed by atoms with Crippen molar-refractivity contribution in [1.82, 2.24) is 4.90 Å². The van der Waals surface area contributed by atoms with Crippen molar-refractivity contribution >= 4 is 12.1 Å². The van der Waals surface area contributed by atoms with Crippen LogP contribution in [0.15, 0.2) is 11.3 Å². The first kappa shape index (κ1) is 16.3. The normalized spacial score (nSPS) is 18.6. The van der Waals surface area contributed by atoms with E-state index in [0.29, 0.717) is 6.42 Å². The van der Waals surface area contributed by atoms with Gasteiger partial charge in [-0.3, -0.25) is 4.90 Å². The van der Waals surface area contributed by atoms with Crippen LogP contribution in [0.4, 0.5) is 4.79 Å². The van der Waals surface area contributed by atoms with Crippen molar-refractivity contribution in [3.63, 3.8) is 0 Å². The molecule has 0 bridgehead atoms. The van der Waals surface area contributed by atoms with E-state index in [0.717, 1.165) is 0 Å². The zero-order chi connectivity index (χ0) is 15.3. The summed E-state index contributed by atoms with van der Waals surface area (Å²) in [5.74, 6) is -0.392. The number of ether oxygens (including phenoxy) is 2. The monoisotopic (exact) mass is 285 g/mol. The average molecular weight is 285 g/mol. The number of hydrogen-bond donors (Lipinski definition) is 1. The van der Waals surface area contributed by atoms with Crippen LogP contribution in [-0.2, 0) is 14.3 Å². The van der Waals surface area contributed by atoms with Gasteiger partial charge in [-0.1, -0.05) is 13.8 Å². The lowest BCUT2D eigenvalue weighted by atomic mass is 10.0. The molecule has 20 heavy (non-hydrogen) atoms. The molecule has 1 rings (SSSR count). The minimum Gasteiger partial charge on any atom is -0.509 e. The van der Waals surface area contributed by atoms with E-state index in [1.165, 1.54) is 4.90 Å². The van der Waals surface area contributed by atoms with E-state index in [2.05, 4.69) is 0 Å². The summed E-state index contributed by atoms with van der Waals surface area (Å²) in [5.41, 5.74) is 0.144. The Labute approximate surface area is 119 Å². The van der Waals surface area contributed by atoms with Crippen LogP contribution < -0.4 is 0 Å². The van der Waals surface area contributed by atoms with Gasteiger partial charge in [0.15, 0.2) is 0 Å². The first-order chi connectivity index (χ1) is 9.42. The molecule has 1 atom stereocenters. The lowest BCUT2D eigenvalue weighted by molar-refractivity contribution is -0.138. The number of nitrogens with zero attached hydrogens (tertiary/aromatic N) is 1. The Morgan fingerprint density at radius 3 is 2.40 bits per heavy atom. The molecule has 0 aromatic carbocycles. The van der Waals surface area contributed by atoms with E-state index in [-0.39, 0.29) is 37.0 Å². The molecule has 0 aromatic rings. The highest BCUT2D eigenvalue weighted by atomic mass is 16.6. The first-order valence-electron chi connectivity index (χ1n) is 6.94. The SMILES string of the molecule is CCOC(=O)C1=C(O)C(CC(C)C)N(C(=O)OCC)C1. The lowest BCUT2D eigenvalue weighted by Crippen LogP contribution is -2.39. The number of esters is 1. The van der Waals surface area contributed by atoms with E-state index in [4.69, 9.17) is 9.47 Å². The quantitative estimate of drug-likeness (QED) is 0.784. The maximum absolute atomic E-state index is 11.9. The Morgan fingerprint density at radius 2 is 1.90 bits per heavy atom. The molecule has 1 unspecified atom stereocenters. The number of carbonyl (C=O) groups is 2. The highest BCUT2D eigenvalue weighted by Gasteiger charge is 2.40. The van der Waals surface area contributed by atoms with Crippen LogP contribution in [-0.4, -0.2) is 47.9 Å². The predicted molar refractivity (Wildman–Crippen MR) is 73.3 cm³/mol. The van der Waals surface area contributed by atoms with Gasteiger partial charge in [0.25, 0.3) is 0 Å². The largest absolute Gasteiger partial charge is 0.509 e. The molecule has 1 aliphatic rings. The van der Waals surface area contributed by atoms with Crippen LogP contribution in [0.2, 0.25) is 0 Å². The zero-order valence-electron chi connectivity index (χ0n) is 12.5. The summed E-state index contributed by atoms with van der Waals surface area (Å²) >= 11 is 0. The third-order valence-electron chi connectivity index (χ3n) is 3.05. The minimum atomic E-state index is -0.578. The number of aliphatic hydroxyl groups excluding tert-OH is 1. The molecule has 0 saturated carbocycles.